The third-order valence-corrected chi connectivity index (χ3v) is 3.07. The van der Waals surface area contributed by atoms with E-state index in [1.54, 1.807) is 0 Å². The van der Waals surface area contributed by atoms with Crippen LogP contribution in [0.1, 0.15) is 30.6 Å². The van der Waals surface area contributed by atoms with Crippen LogP contribution in [0.2, 0.25) is 0 Å². The maximum atomic E-state index is 4.57. The first kappa shape index (κ1) is 8.75. The second-order valence-electron chi connectivity index (χ2n) is 4.28. The summed E-state index contributed by atoms with van der Waals surface area (Å²) in [5, 5.41) is 3.38. The van der Waals surface area contributed by atoms with Crippen LogP contribution in [0.25, 0.3) is 0 Å². The van der Waals surface area contributed by atoms with Crippen LogP contribution in [0.4, 0.5) is 0 Å². The fourth-order valence-corrected chi connectivity index (χ4v) is 1.85. The van der Waals surface area contributed by atoms with Gasteiger partial charge in [-0.3, -0.25) is 0 Å². The molecule has 0 radical (unpaired) electrons. The second-order valence-corrected chi connectivity index (χ2v) is 4.28. The van der Waals surface area contributed by atoms with Crippen molar-refractivity contribution >= 4 is 0 Å². The van der Waals surface area contributed by atoms with Gasteiger partial charge in [-0.05, 0) is 26.8 Å². The number of aryl methyl sites for hydroxylation is 2. The lowest BCUT2D eigenvalue weighted by molar-refractivity contribution is 0.493. The summed E-state index contributed by atoms with van der Waals surface area (Å²) in [6.07, 6.45) is 1.18. The number of imidazole rings is 1. The Balaban J connectivity index is 2.34. The number of nitrogens with one attached hydrogen (secondary N) is 2. The molecule has 0 aliphatic carbocycles. The largest absolute Gasteiger partial charge is 0.345 e. The molecule has 13 heavy (non-hydrogen) atoms. The Morgan fingerprint density at radius 3 is 2.62 bits per heavy atom. The zero-order chi connectivity index (χ0) is 9.47. The molecule has 72 valence electrons. The number of aromatic nitrogens is 2. The van der Waals surface area contributed by atoms with Gasteiger partial charge in [0.25, 0.3) is 0 Å². The van der Waals surface area contributed by atoms with E-state index in [9.17, 15) is 0 Å². The van der Waals surface area contributed by atoms with Gasteiger partial charge in [0.15, 0.2) is 0 Å². The predicted octanol–water partition coefficient (Wildman–Crippen LogP) is 1.28. The summed E-state index contributed by atoms with van der Waals surface area (Å²) in [5.41, 5.74) is 2.55. The Morgan fingerprint density at radius 1 is 1.38 bits per heavy atom. The van der Waals surface area contributed by atoms with Gasteiger partial charge in [0.1, 0.15) is 5.82 Å². The molecule has 1 saturated heterocycles. The van der Waals surface area contributed by atoms with Gasteiger partial charge in [-0.1, -0.05) is 6.92 Å². The van der Waals surface area contributed by atoms with Crippen molar-refractivity contribution in [3.8, 4) is 0 Å². The van der Waals surface area contributed by atoms with E-state index in [2.05, 4.69) is 36.1 Å². The second kappa shape index (κ2) is 2.84. The first-order valence-corrected chi connectivity index (χ1v) is 4.86. The minimum atomic E-state index is 0.221. The highest BCUT2D eigenvalue weighted by molar-refractivity contribution is 5.18. The van der Waals surface area contributed by atoms with Gasteiger partial charge in [0.05, 0.1) is 5.69 Å². The molecule has 1 aliphatic heterocycles. The smallest absolute Gasteiger partial charge is 0.113 e. The van der Waals surface area contributed by atoms with Crippen LogP contribution in [-0.2, 0) is 5.41 Å². The Kier molecular flexibility index (Phi) is 1.91. The van der Waals surface area contributed by atoms with Gasteiger partial charge in [-0.15, -0.1) is 0 Å². The summed E-state index contributed by atoms with van der Waals surface area (Å²) >= 11 is 0. The molecule has 1 aromatic rings. The van der Waals surface area contributed by atoms with Gasteiger partial charge in [0.2, 0.25) is 0 Å². The first-order chi connectivity index (χ1) is 6.12. The van der Waals surface area contributed by atoms with Gasteiger partial charge in [-0.2, -0.15) is 0 Å². The lowest BCUT2D eigenvalue weighted by Crippen LogP contribution is -2.26. The van der Waals surface area contributed by atoms with Gasteiger partial charge < -0.3 is 10.3 Å². The van der Waals surface area contributed by atoms with E-state index in [-0.39, 0.29) is 5.41 Å². The molecular weight excluding hydrogens is 162 g/mol. The molecule has 2 rings (SSSR count). The molecule has 2 heterocycles. The Bertz CT molecular complexity index is 288. The van der Waals surface area contributed by atoms with Crippen LogP contribution in [0.15, 0.2) is 0 Å². The molecule has 3 nitrogen and oxygen atoms in total. The number of hydrogen-bond donors (Lipinski definition) is 2. The summed E-state index contributed by atoms with van der Waals surface area (Å²) in [7, 11) is 0. The molecule has 0 spiro atoms. The summed E-state index contributed by atoms with van der Waals surface area (Å²) < 4.78 is 0. The van der Waals surface area contributed by atoms with E-state index in [0.29, 0.717) is 0 Å². The van der Waals surface area contributed by atoms with Crippen molar-refractivity contribution in [2.45, 2.75) is 32.6 Å². The van der Waals surface area contributed by atoms with E-state index in [4.69, 9.17) is 0 Å². The highest BCUT2D eigenvalue weighted by atomic mass is 15.0. The molecule has 1 fully saturated rings. The maximum Gasteiger partial charge on any atom is 0.113 e. The van der Waals surface area contributed by atoms with Crippen LogP contribution in [-0.4, -0.2) is 23.1 Å². The zero-order valence-electron chi connectivity index (χ0n) is 8.57. The van der Waals surface area contributed by atoms with E-state index >= 15 is 0 Å². The van der Waals surface area contributed by atoms with E-state index in [1.807, 2.05) is 0 Å². The summed E-state index contributed by atoms with van der Waals surface area (Å²) in [4.78, 5) is 7.94. The van der Waals surface area contributed by atoms with Crippen LogP contribution >= 0.6 is 0 Å². The predicted molar refractivity (Wildman–Crippen MR) is 52.9 cm³/mol. The lowest BCUT2D eigenvalue weighted by atomic mass is 9.89. The number of nitrogens with zero attached hydrogens (tertiary/aromatic N) is 1. The summed E-state index contributed by atoms with van der Waals surface area (Å²) in [6.45, 7) is 8.55. The van der Waals surface area contributed by atoms with E-state index < -0.39 is 0 Å². The van der Waals surface area contributed by atoms with E-state index in [0.717, 1.165) is 24.6 Å². The normalized spacial score (nSPS) is 28.2. The molecule has 0 aromatic carbocycles. The number of H-pyrrole nitrogens is 1. The molecule has 0 amide bonds. The summed E-state index contributed by atoms with van der Waals surface area (Å²) in [6, 6.07) is 0. The van der Waals surface area contributed by atoms with Crippen molar-refractivity contribution in [3.05, 3.63) is 17.2 Å². The number of hydrogen-bond acceptors (Lipinski definition) is 2. The molecule has 0 bridgehead atoms. The minimum Gasteiger partial charge on any atom is -0.345 e. The molecule has 2 N–H and O–H groups in total. The monoisotopic (exact) mass is 179 g/mol. The van der Waals surface area contributed by atoms with Crippen molar-refractivity contribution < 1.29 is 0 Å². The van der Waals surface area contributed by atoms with Gasteiger partial charge in [0, 0.05) is 17.7 Å². The van der Waals surface area contributed by atoms with Crippen LogP contribution in [0.3, 0.4) is 0 Å². The molecule has 0 saturated carbocycles. The molecule has 3 heteroatoms. The molecular formula is C10H17N3. The summed E-state index contributed by atoms with van der Waals surface area (Å²) in [5.74, 6) is 1.15. The maximum absolute atomic E-state index is 4.57. The molecule has 1 aromatic heterocycles. The Morgan fingerprint density at radius 2 is 2.15 bits per heavy atom. The third kappa shape index (κ3) is 1.37. The van der Waals surface area contributed by atoms with Crippen molar-refractivity contribution in [3.63, 3.8) is 0 Å². The average Bonchev–Trinajstić information content (AvgIpc) is 2.62. The zero-order valence-corrected chi connectivity index (χ0v) is 8.57. The standard InChI is InChI=1S/C10H17N3/c1-7-8(2)13-9(12-7)10(3)4-5-11-6-10/h11H,4-6H2,1-3H3,(H,12,13). The van der Waals surface area contributed by atoms with Gasteiger partial charge >= 0.3 is 0 Å². The fourth-order valence-electron chi connectivity index (χ4n) is 1.85. The van der Waals surface area contributed by atoms with Gasteiger partial charge in [-0.25, -0.2) is 4.98 Å². The highest BCUT2D eigenvalue weighted by Crippen LogP contribution is 2.28. The van der Waals surface area contributed by atoms with Crippen molar-refractivity contribution in [1.82, 2.24) is 15.3 Å². The Labute approximate surface area is 79.0 Å². The average molecular weight is 179 g/mol. The third-order valence-electron chi connectivity index (χ3n) is 3.07. The molecule has 1 unspecified atom stereocenters. The SMILES string of the molecule is Cc1nc(C2(C)CCNC2)[nH]c1C. The van der Waals surface area contributed by atoms with Crippen LogP contribution in [0.5, 0.6) is 0 Å². The first-order valence-electron chi connectivity index (χ1n) is 4.86. The lowest BCUT2D eigenvalue weighted by Gasteiger charge is -2.19. The van der Waals surface area contributed by atoms with E-state index in [1.165, 1.54) is 12.1 Å². The number of aromatic amines is 1. The molecule has 1 aliphatic rings. The quantitative estimate of drug-likeness (QED) is 0.681. The highest BCUT2D eigenvalue weighted by Gasteiger charge is 2.33. The van der Waals surface area contributed by atoms with Crippen molar-refractivity contribution in [1.29, 1.82) is 0 Å². The van der Waals surface area contributed by atoms with Crippen LogP contribution in [0, 0.1) is 13.8 Å². The molecule has 1 atom stereocenters. The minimum absolute atomic E-state index is 0.221. The van der Waals surface area contributed by atoms with Crippen molar-refractivity contribution in [2.75, 3.05) is 13.1 Å². The Hall–Kier alpha value is -0.830. The topological polar surface area (TPSA) is 40.7 Å². The van der Waals surface area contributed by atoms with Crippen molar-refractivity contribution in [2.24, 2.45) is 0 Å². The fraction of sp³-hybridized carbons (Fsp3) is 0.700. The number of rotatable bonds is 1. The van der Waals surface area contributed by atoms with Crippen LogP contribution < -0.4 is 5.32 Å².